The quantitative estimate of drug-likeness (QED) is 0.0975. The molecule has 1 aliphatic carbocycles. The van der Waals surface area contributed by atoms with Gasteiger partial charge in [-0.15, -0.1) is 0 Å². The Hall–Kier alpha value is -4.21. The predicted molar refractivity (Wildman–Crippen MR) is 187 cm³/mol. The molecule has 2 heterocycles. The zero-order valence-electron chi connectivity index (χ0n) is 29.1. The number of phenols is 1. The highest BCUT2D eigenvalue weighted by atomic mass is 16.6. The molecule has 2 aromatic rings. The Morgan fingerprint density at radius 2 is 1.72 bits per heavy atom. The van der Waals surface area contributed by atoms with Gasteiger partial charge in [0.1, 0.15) is 29.0 Å². The Morgan fingerprint density at radius 1 is 1.00 bits per heavy atom. The second kappa shape index (κ2) is 15.8. The van der Waals surface area contributed by atoms with E-state index >= 15 is 0 Å². The van der Waals surface area contributed by atoms with E-state index in [4.69, 9.17) is 9.47 Å². The molecule has 3 aliphatic rings. The Labute approximate surface area is 293 Å². The number of aliphatic hydroxyl groups excluding tert-OH is 2. The minimum absolute atomic E-state index is 0.0256. The van der Waals surface area contributed by atoms with Crippen LogP contribution in [0.2, 0.25) is 0 Å². The molecule has 1 fully saturated rings. The molecule has 268 valence electrons. The van der Waals surface area contributed by atoms with Crippen LogP contribution in [-0.4, -0.2) is 76.1 Å². The Balaban J connectivity index is 1.64. The number of fused-ring (bicyclic) bond motifs is 1. The second-order valence-electron chi connectivity index (χ2n) is 13.9. The molecule has 0 aromatic heterocycles. The van der Waals surface area contributed by atoms with Gasteiger partial charge in [0.15, 0.2) is 0 Å². The highest BCUT2D eigenvalue weighted by Crippen LogP contribution is 2.42. The lowest BCUT2D eigenvalue weighted by Gasteiger charge is -2.40. The molecule has 0 amide bonds. The van der Waals surface area contributed by atoms with Crippen LogP contribution in [0, 0.1) is 17.8 Å². The number of Topliss-reactive ketones (excluding diaryl/α,β-unsaturated/α-hetero) is 1. The first-order valence-corrected chi connectivity index (χ1v) is 17.4. The van der Waals surface area contributed by atoms with Crippen molar-refractivity contribution in [3.05, 3.63) is 64.2 Å². The van der Waals surface area contributed by atoms with Crippen molar-refractivity contribution in [1.29, 1.82) is 0 Å². The minimum atomic E-state index is -1.54. The summed E-state index contributed by atoms with van der Waals surface area (Å²) in [5, 5.41) is 50.2. The van der Waals surface area contributed by atoms with Gasteiger partial charge in [-0.05, 0) is 87.9 Å². The maximum absolute atomic E-state index is 14.0. The number of cyclic esters (lactones) is 1. The fourth-order valence-electron chi connectivity index (χ4n) is 7.03. The van der Waals surface area contributed by atoms with E-state index in [0.29, 0.717) is 59.2 Å². The van der Waals surface area contributed by atoms with Gasteiger partial charge in [0.25, 0.3) is 0 Å². The van der Waals surface area contributed by atoms with E-state index in [0.717, 1.165) is 0 Å². The average molecular weight is 689 g/mol. The molecule has 11 nitrogen and oxygen atoms in total. The zero-order chi connectivity index (χ0) is 36.2. The summed E-state index contributed by atoms with van der Waals surface area (Å²) in [5.41, 5.74) is 1.71. The first-order chi connectivity index (χ1) is 23.8. The lowest BCUT2D eigenvalue weighted by Crippen LogP contribution is -2.50. The number of phenolic OH excluding ortho intramolecular Hbond substituents is 1. The molecule has 6 N–H and O–H groups in total. The van der Waals surface area contributed by atoms with Crippen LogP contribution >= 0.6 is 0 Å². The number of hydrogen-bond donors (Lipinski definition) is 6. The van der Waals surface area contributed by atoms with E-state index in [1.807, 2.05) is 12.1 Å². The largest absolute Gasteiger partial charge is 0.508 e. The Morgan fingerprint density at radius 3 is 2.40 bits per heavy atom. The summed E-state index contributed by atoms with van der Waals surface area (Å²) in [4.78, 5) is 38.8. The lowest BCUT2D eigenvalue weighted by molar-refractivity contribution is -0.169. The van der Waals surface area contributed by atoms with Crippen LogP contribution in [0.4, 0.5) is 5.69 Å². The predicted octanol–water partition coefficient (Wildman–Crippen LogP) is 3.93. The molecular formula is C39H48N2O9. The molecule has 2 aromatic carbocycles. The lowest BCUT2D eigenvalue weighted by atomic mass is 9.73. The van der Waals surface area contributed by atoms with Crippen LogP contribution in [0.15, 0.2) is 42.0 Å². The molecule has 11 heteroatoms. The number of benzene rings is 2. The number of aliphatic hydroxyl groups is 3. The van der Waals surface area contributed by atoms with Crippen molar-refractivity contribution in [3.8, 4) is 23.3 Å². The van der Waals surface area contributed by atoms with Crippen LogP contribution in [0.5, 0.6) is 11.5 Å². The van der Waals surface area contributed by atoms with E-state index in [1.54, 1.807) is 46.0 Å². The normalized spacial score (nSPS) is 24.7. The summed E-state index contributed by atoms with van der Waals surface area (Å²) in [6.07, 6.45) is 0.686. The SMILES string of the molecule is C/C=C1/C[C@@H](c2cc(NC[C@H](C)O)cc([C@@H](O)CNC)c2)C#C[C@H]2CC(=O)Oc3cc(O)c(cc32)C[C@H]([C@@](C)(O)C2CCC(=O)CC2)OC1=O. The number of esters is 2. The number of rotatable bonds is 9. The number of aromatic hydroxyl groups is 1. The molecule has 1 saturated carbocycles. The molecule has 6 atom stereocenters. The van der Waals surface area contributed by atoms with E-state index in [-0.39, 0.29) is 55.6 Å². The maximum atomic E-state index is 14.0. The third kappa shape index (κ3) is 8.56. The maximum Gasteiger partial charge on any atom is 0.334 e. The third-order valence-corrected chi connectivity index (χ3v) is 10.1. The molecule has 0 radical (unpaired) electrons. The second-order valence-corrected chi connectivity index (χ2v) is 13.9. The standard InChI is InChI=1S/C39H48N2O9/c1-5-23-12-24(26-13-27(34(45)21-40-4)15-30(14-26)41-20-22(2)42)6-7-25-18-37(46)49-35-19-33(44)28(16-32(25)35)17-36(50-38(23)47)39(3,48)29-8-10-31(43)11-9-29/h5,13-16,19,22,24-25,29,34,36,40-42,44-45,48H,8-12,17-18,20-21H2,1-4H3/b23-5-/t22-,24-,25-,34-,36+,39-/m0/s1. The molecular weight excluding hydrogens is 640 g/mol. The average Bonchev–Trinajstić information content (AvgIpc) is 3.08. The molecule has 5 rings (SSSR count). The van der Waals surface area contributed by atoms with Crippen molar-refractivity contribution in [2.24, 2.45) is 5.92 Å². The van der Waals surface area contributed by atoms with Gasteiger partial charge in [-0.1, -0.05) is 24.0 Å². The first kappa shape index (κ1) is 37.1. The third-order valence-electron chi connectivity index (χ3n) is 10.1. The highest BCUT2D eigenvalue weighted by molar-refractivity contribution is 5.89. The summed E-state index contributed by atoms with van der Waals surface area (Å²) < 4.78 is 11.7. The van der Waals surface area contributed by atoms with E-state index in [9.17, 15) is 34.8 Å². The number of anilines is 1. The van der Waals surface area contributed by atoms with Gasteiger partial charge in [0, 0.05) is 61.2 Å². The number of ketones is 1. The zero-order valence-corrected chi connectivity index (χ0v) is 29.1. The topological polar surface area (TPSA) is 175 Å². The van der Waals surface area contributed by atoms with Crippen LogP contribution in [0.3, 0.4) is 0 Å². The van der Waals surface area contributed by atoms with Gasteiger partial charge in [0.2, 0.25) is 0 Å². The van der Waals surface area contributed by atoms with Gasteiger partial charge in [-0.25, -0.2) is 4.79 Å². The number of nitrogens with one attached hydrogen (secondary N) is 2. The van der Waals surface area contributed by atoms with Crippen LogP contribution < -0.4 is 15.4 Å². The summed E-state index contributed by atoms with van der Waals surface area (Å²) in [5.74, 6) is 4.09. The van der Waals surface area contributed by atoms with E-state index < -0.39 is 47.7 Å². The molecule has 50 heavy (non-hydrogen) atoms. The highest BCUT2D eigenvalue weighted by Gasteiger charge is 2.44. The van der Waals surface area contributed by atoms with Gasteiger partial charge >= 0.3 is 11.9 Å². The Bertz CT molecular complexity index is 1690. The molecule has 2 aliphatic heterocycles. The van der Waals surface area contributed by atoms with Gasteiger partial charge in [-0.3, -0.25) is 9.59 Å². The van der Waals surface area contributed by atoms with Crippen molar-refractivity contribution in [2.45, 2.75) is 101 Å². The van der Waals surface area contributed by atoms with Crippen LogP contribution in [-0.2, 0) is 25.5 Å². The monoisotopic (exact) mass is 688 g/mol. The smallest absolute Gasteiger partial charge is 0.334 e. The fourth-order valence-corrected chi connectivity index (χ4v) is 7.03. The van der Waals surface area contributed by atoms with Gasteiger partial charge in [0.05, 0.1) is 24.5 Å². The molecule has 0 unspecified atom stereocenters. The van der Waals surface area contributed by atoms with Crippen LogP contribution in [0.25, 0.3) is 0 Å². The van der Waals surface area contributed by atoms with E-state index in [1.165, 1.54) is 6.07 Å². The fraction of sp³-hybridized carbons (Fsp3) is 0.513. The minimum Gasteiger partial charge on any atom is -0.508 e. The molecule has 0 saturated heterocycles. The van der Waals surface area contributed by atoms with E-state index in [2.05, 4.69) is 22.5 Å². The first-order valence-electron chi connectivity index (χ1n) is 17.4. The van der Waals surface area contributed by atoms with Gasteiger partial charge < -0.3 is 40.5 Å². The van der Waals surface area contributed by atoms with Gasteiger partial charge in [-0.2, -0.15) is 0 Å². The van der Waals surface area contributed by atoms with Crippen molar-refractivity contribution in [2.75, 3.05) is 25.5 Å². The molecule has 0 spiro atoms. The molecule has 2 bridgehead atoms. The number of hydrogen-bond acceptors (Lipinski definition) is 11. The summed E-state index contributed by atoms with van der Waals surface area (Å²) in [7, 11) is 1.74. The van der Waals surface area contributed by atoms with Crippen molar-refractivity contribution in [3.63, 3.8) is 0 Å². The van der Waals surface area contributed by atoms with Crippen LogP contribution in [0.1, 0.15) is 99.5 Å². The van der Waals surface area contributed by atoms with Crippen molar-refractivity contribution < 1.29 is 44.3 Å². The van der Waals surface area contributed by atoms with Crippen molar-refractivity contribution in [1.82, 2.24) is 5.32 Å². The summed E-state index contributed by atoms with van der Waals surface area (Å²) >= 11 is 0. The number of carbonyl (C=O) groups is 3. The number of ether oxygens (including phenoxy) is 2. The van der Waals surface area contributed by atoms with Crippen molar-refractivity contribution >= 4 is 23.4 Å². The summed E-state index contributed by atoms with van der Waals surface area (Å²) in [6, 6.07) is 8.57. The number of allylic oxidation sites excluding steroid dienone is 1. The number of likely N-dealkylation sites (N-methyl/N-ethyl adjacent to an activating group) is 1. The summed E-state index contributed by atoms with van der Waals surface area (Å²) in [6.45, 7) is 5.55. The Kier molecular flexibility index (Phi) is 11.7. The number of carbonyl (C=O) groups excluding carboxylic acids is 3.